The molecule has 0 aliphatic heterocycles. The van der Waals surface area contributed by atoms with E-state index in [0.717, 1.165) is 19.3 Å². The lowest BCUT2D eigenvalue weighted by Gasteiger charge is -2.56. The van der Waals surface area contributed by atoms with Crippen LogP contribution in [0, 0.1) is 17.8 Å². The molecule has 8 heteroatoms. The van der Waals surface area contributed by atoms with Crippen LogP contribution >= 0.6 is 0 Å². The summed E-state index contributed by atoms with van der Waals surface area (Å²) < 4.78 is 31.9. The zero-order valence-electron chi connectivity index (χ0n) is 18.3. The van der Waals surface area contributed by atoms with Crippen LogP contribution in [-0.4, -0.2) is 49.8 Å². The summed E-state index contributed by atoms with van der Waals surface area (Å²) in [7, 11) is -3.67. The zero-order chi connectivity index (χ0) is 22.2. The third kappa shape index (κ3) is 4.51. The van der Waals surface area contributed by atoms with Crippen molar-refractivity contribution >= 4 is 21.9 Å². The number of hydrogen-bond donors (Lipinski definition) is 1. The van der Waals surface area contributed by atoms with Gasteiger partial charge in [0.25, 0.3) is 5.91 Å². The Morgan fingerprint density at radius 1 is 1.06 bits per heavy atom. The SMILES string of the molecule is CCN(CC)S(=O)(=O)c1cccc(C(=O)OCC(=O)NC23CC4CC(CC(C4)C2)C3)c1. The summed E-state index contributed by atoms with van der Waals surface area (Å²) in [5.41, 5.74) is -0.00782. The highest BCUT2D eigenvalue weighted by atomic mass is 32.2. The molecule has 1 amide bonds. The number of esters is 1. The van der Waals surface area contributed by atoms with Crippen LogP contribution in [0.2, 0.25) is 0 Å². The molecule has 0 aromatic heterocycles. The molecule has 7 nitrogen and oxygen atoms in total. The number of ether oxygens (including phenoxy) is 1. The van der Waals surface area contributed by atoms with Crippen LogP contribution in [0.1, 0.15) is 62.7 Å². The van der Waals surface area contributed by atoms with Gasteiger partial charge in [0.15, 0.2) is 6.61 Å². The lowest BCUT2D eigenvalue weighted by Crippen LogP contribution is -2.60. The summed E-state index contributed by atoms with van der Waals surface area (Å²) in [6.45, 7) is 3.87. The first-order valence-electron chi connectivity index (χ1n) is 11.3. The highest BCUT2D eigenvalue weighted by molar-refractivity contribution is 7.89. The van der Waals surface area contributed by atoms with E-state index in [1.807, 2.05) is 0 Å². The van der Waals surface area contributed by atoms with E-state index in [9.17, 15) is 18.0 Å². The van der Waals surface area contributed by atoms with Gasteiger partial charge in [-0.15, -0.1) is 0 Å². The molecule has 4 aliphatic carbocycles. The molecule has 0 spiro atoms. The summed E-state index contributed by atoms with van der Waals surface area (Å²) in [5, 5.41) is 3.18. The van der Waals surface area contributed by atoms with Crippen LogP contribution in [0.25, 0.3) is 0 Å². The number of nitrogens with zero attached hydrogens (tertiary/aromatic N) is 1. The summed E-state index contributed by atoms with van der Waals surface area (Å²) >= 11 is 0. The first kappa shape index (κ1) is 22.3. The van der Waals surface area contributed by atoms with Crippen molar-refractivity contribution < 1.29 is 22.7 Å². The number of sulfonamides is 1. The van der Waals surface area contributed by atoms with E-state index in [1.165, 1.54) is 47.8 Å². The van der Waals surface area contributed by atoms with Crippen LogP contribution < -0.4 is 5.32 Å². The summed E-state index contributed by atoms with van der Waals surface area (Å²) in [6.07, 6.45) is 6.96. The van der Waals surface area contributed by atoms with Gasteiger partial charge in [0.2, 0.25) is 10.0 Å². The number of hydrogen-bond acceptors (Lipinski definition) is 5. The molecule has 0 unspecified atom stereocenters. The molecule has 0 heterocycles. The second-order valence-corrected chi connectivity index (χ2v) is 11.4. The second kappa shape index (κ2) is 8.54. The van der Waals surface area contributed by atoms with Crippen molar-refractivity contribution in [1.82, 2.24) is 9.62 Å². The van der Waals surface area contributed by atoms with Gasteiger partial charge in [-0.25, -0.2) is 13.2 Å². The second-order valence-electron chi connectivity index (χ2n) is 9.44. The van der Waals surface area contributed by atoms with Crippen LogP contribution in [0.15, 0.2) is 29.2 Å². The van der Waals surface area contributed by atoms with Crippen LogP contribution in [0.3, 0.4) is 0 Å². The van der Waals surface area contributed by atoms with E-state index in [-0.39, 0.29) is 28.5 Å². The Balaban J connectivity index is 1.36. The summed E-state index contributed by atoms with van der Waals surface area (Å²) in [5.74, 6) is 1.17. The van der Waals surface area contributed by atoms with Crippen LogP contribution in [0.4, 0.5) is 0 Å². The molecule has 31 heavy (non-hydrogen) atoms. The lowest BCUT2D eigenvalue weighted by atomic mass is 9.53. The van der Waals surface area contributed by atoms with Gasteiger partial charge in [0, 0.05) is 18.6 Å². The van der Waals surface area contributed by atoms with Crippen molar-refractivity contribution in [3.63, 3.8) is 0 Å². The Labute approximate surface area is 184 Å². The van der Waals surface area contributed by atoms with Gasteiger partial charge >= 0.3 is 5.97 Å². The van der Waals surface area contributed by atoms with Crippen LogP contribution in [-0.2, 0) is 19.6 Å². The van der Waals surface area contributed by atoms with Gasteiger partial charge in [0.05, 0.1) is 10.5 Å². The Morgan fingerprint density at radius 2 is 1.65 bits per heavy atom. The van der Waals surface area contributed by atoms with E-state index in [2.05, 4.69) is 5.32 Å². The predicted octanol–water partition coefficient (Wildman–Crippen LogP) is 2.96. The minimum absolute atomic E-state index is 0.0451. The first-order chi connectivity index (χ1) is 14.7. The largest absolute Gasteiger partial charge is 0.452 e. The van der Waals surface area contributed by atoms with Crippen LogP contribution in [0.5, 0.6) is 0 Å². The molecular formula is C23H32N2O5S. The number of benzene rings is 1. The highest BCUT2D eigenvalue weighted by Gasteiger charge is 2.51. The third-order valence-corrected chi connectivity index (χ3v) is 9.24. The Kier molecular flexibility index (Phi) is 6.14. The average Bonchev–Trinajstić information content (AvgIpc) is 2.71. The van der Waals surface area contributed by atoms with Gasteiger partial charge in [-0.1, -0.05) is 19.9 Å². The number of carbonyl (C=O) groups excluding carboxylic acids is 2. The summed E-state index contributed by atoms with van der Waals surface area (Å²) in [6, 6.07) is 5.79. The molecular weight excluding hydrogens is 416 g/mol. The van der Waals surface area contributed by atoms with Crippen molar-refractivity contribution in [3.8, 4) is 0 Å². The normalized spacial score (nSPS) is 29.2. The zero-order valence-corrected chi connectivity index (χ0v) is 19.1. The molecule has 1 aromatic carbocycles. The molecule has 4 bridgehead atoms. The van der Waals surface area contributed by atoms with Crippen molar-refractivity contribution in [2.24, 2.45) is 17.8 Å². The molecule has 4 aliphatic rings. The van der Waals surface area contributed by atoms with Crippen molar-refractivity contribution in [2.45, 2.75) is 62.8 Å². The first-order valence-corrected chi connectivity index (χ1v) is 12.8. The Bertz CT molecular complexity index is 919. The number of rotatable bonds is 8. The van der Waals surface area contributed by atoms with E-state index < -0.39 is 16.0 Å². The molecule has 1 N–H and O–H groups in total. The van der Waals surface area contributed by atoms with Gasteiger partial charge in [-0.05, 0) is 74.5 Å². The fourth-order valence-corrected chi connectivity index (χ4v) is 7.81. The van der Waals surface area contributed by atoms with Crippen molar-refractivity contribution in [1.29, 1.82) is 0 Å². The van der Waals surface area contributed by atoms with Gasteiger partial charge in [0.1, 0.15) is 0 Å². The van der Waals surface area contributed by atoms with Gasteiger partial charge in [-0.3, -0.25) is 4.79 Å². The standard InChI is InChI=1S/C23H32N2O5S/c1-3-25(4-2)31(28,29)20-7-5-6-19(11-20)22(27)30-15-21(26)24-23-12-16-8-17(13-23)10-18(9-16)14-23/h5-7,11,16-18H,3-4,8-10,12-15H2,1-2H3,(H,24,26). The Morgan fingerprint density at radius 3 is 2.19 bits per heavy atom. The van der Waals surface area contributed by atoms with Gasteiger partial charge < -0.3 is 10.1 Å². The molecule has 5 rings (SSSR count). The van der Waals surface area contributed by atoms with Crippen molar-refractivity contribution in [3.05, 3.63) is 29.8 Å². The van der Waals surface area contributed by atoms with Gasteiger partial charge in [-0.2, -0.15) is 4.31 Å². The quantitative estimate of drug-likeness (QED) is 0.617. The van der Waals surface area contributed by atoms with E-state index in [0.29, 0.717) is 30.8 Å². The summed E-state index contributed by atoms with van der Waals surface area (Å²) in [4.78, 5) is 25.1. The maximum Gasteiger partial charge on any atom is 0.338 e. The Hall–Kier alpha value is -1.93. The number of carbonyl (C=O) groups is 2. The molecule has 4 fully saturated rings. The fourth-order valence-electron chi connectivity index (χ4n) is 6.31. The maximum atomic E-state index is 12.7. The fraction of sp³-hybridized carbons (Fsp3) is 0.652. The minimum Gasteiger partial charge on any atom is -0.452 e. The highest BCUT2D eigenvalue weighted by Crippen LogP contribution is 2.55. The molecule has 0 radical (unpaired) electrons. The monoisotopic (exact) mass is 448 g/mol. The molecule has 170 valence electrons. The van der Waals surface area contributed by atoms with E-state index in [1.54, 1.807) is 13.8 Å². The predicted molar refractivity (Wildman–Crippen MR) is 116 cm³/mol. The number of nitrogens with one attached hydrogen (secondary N) is 1. The molecule has 0 saturated heterocycles. The number of amides is 1. The molecule has 1 aromatic rings. The van der Waals surface area contributed by atoms with Crippen molar-refractivity contribution in [2.75, 3.05) is 19.7 Å². The smallest absolute Gasteiger partial charge is 0.338 e. The van der Waals surface area contributed by atoms with E-state index in [4.69, 9.17) is 4.74 Å². The lowest BCUT2D eigenvalue weighted by molar-refractivity contribution is -0.130. The topological polar surface area (TPSA) is 92.8 Å². The minimum atomic E-state index is -3.67. The molecule has 0 atom stereocenters. The maximum absolute atomic E-state index is 12.7. The molecule has 4 saturated carbocycles. The van der Waals surface area contributed by atoms with E-state index >= 15 is 0 Å². The third-order valence-electron chi connectivity index (χ3n) is 7.19. The average molecular weight is 449 g/mol.